The number of carbonyl (C=O) groups is 1. The molecule has 2 aliphatic rings. The van der Waals surface area contributed by atoms with Crippen LogP contribution in [0.3, 0.4) is 0 Å². The van der Waals surface area contributed by atoms with Crippen LogP contribution in [0.2, 0.25) is 0 Å². The van der Waals surface area contributed by atoms with E-state index in [2.05, 4.69) is 72.6 Å². The van der Waals surface area contributed by atoms with Crippen molar-refractivity contribution in [3.63, 3.8) is 0 Å². The molecule has 0 saturated heterocycles. The molecule has 4 rings (SSSR count). The number of unbranched alkanes of at least 4 members (excludes halogenated alkanes) is 3. The highest BCUT2D eigenvalue weighted by molar-refractivity contribution is 8.00. The van der Waals surface area contributed by atoms with Gasteiger partial charge in [0.15, 0.2) is 0 Å². The van der Waals surface area contributed by atoms with Gasteiger partial charge in [-0.25, -0.2) is 0 Å². The molecule has 1 amide bonds. The minimum atomic E-state index is -0.122. The van der Waals surface area contributed by atoms with E-state index in [1.165, 1.54) is 41.0 Å². The summed E-state index contributed by atoms with van der Waals surface area (Å²) < 4.78 is 5.76. The molecule has 2 heterocycles. The van der Waals surface area contributed by atoms with Gasteiger partial charge in [0.25, 0.3) is 0 Å². The molecule has 0 saturated carbocycles. The summed E-state index contributed by atoms with van der Waals surface area (Å²) >= 11 is 1.75. The Morgan fingerprint density at radius 1 is 0.938 bits per heavy atom. The highest BCUT2D eigenvalue weighted by Gasteiger charge is 2.47. The maximum Gasteiger partial charge on any atom is 0.236 e. The van der Waals surface area contributed by atoms with Gasteiger partial charge in [-0.3, -0.25) is 4.79 Å². The summed E-state index contributed by atoms with van der Waals surface area (Å²) in [6.45, 7) is 7.21. The van der Waals surface area contributed by atoms with Crippen LogP contribution >= 0.6 is 11.8 Å². The Labute approximate surface area is 197 Å². The highest BCUT2D eigenvalue weighted by atomic mass is 32.2. The number of nitrogens with zero attached hydrogens (tertiary/aromatic N) is 1. The first-order chi connectivity index (χ1) is 15.7. The van der Waals surface area contributed by atoms with Crippen molar-refractivity contribution in [2.75, 3.05) is 31.6 Å². The minimum absolute atomic E-state index is 0.122. The van der Waals surface area contributed by atoms with Gasteiger partial charge in [-0.15, -0.1) is 11.8 Å². The number of nitrogens with one attached hydrogen (secondary N) is 1. The third kappa shape index (κ3) is 4.99. The smallest absolute Gasteiger partial charge is 0.236 e. The van der Waals surface area contributed by atoms with Gasteiger partial charge >= 0.3 is 0 Å². The number of amides is 1. The van der Waals surface area contributed by atoms with Crippen LogP contribution in [0, 0.1) is 0 Å². The average Bonchev–Trinajstić information content (AvgIpc) is 3.22. The standard InChI is InChI=1S/C27H36N2O2S/c1-3-5-6-11-16-29(17-19-31-18-4-2)27(30)26-24-20-12-7-9-14-22(20)28-25(24)21-13-8-10-15-23(21)32-26/h7-10,12-15,24-26,28H,3-6,11,16-19H2,1-2H3. The minimum Gasteiger partial charge on any atom is -0.380 e. The number of carbonyl (C=O) groups excluding carboxylic acids is 1. The van der Waals surface area contributed by atoms with E-state index in [0.29, 0.717) is 13.2 Å². The number of hydrogen-bond donors (Lipinski definition) is 1. The van der Waals surface area contributed by atoms with Crippen LogP contribution in [-0.4, -0.2) is 42.4 Å². The predicted molar refractivity (Wildman–Crippen MR) is 133 cm³/mol. The van der Waals surface area contributed by atoms with E-state index in [9.17, 15) is 4.79 Å². The van der Waals surface area contributed by atoms with Crippen molar-refractivity contribution in [2.45, 2.75) is 68.1 Å². The van der Waals surface area contributed by atoms with Crippen molar-refractivity contribution in [3.8, 4) is 0 Å². The summed E-state index contributed by atoms with van der Waals surface area (Å²) in [6.07, 6.45) is 5.67. The van der Waals surface area contributed by atoms with Crippen LogP contribution in [0.5, 0.6) is 0 Å². The molecule has 32 heavy (non-hydrogen) atoms. The lowest BCUT2D eigenvalue weighted by atomic mass is 9.86. The van der Waals surface area contributed by atoms with Gasteiger partial charge in [-0.1, -0.05) is 69.5 Å². The molecule has 1 N–H and O–H groups in total. The zero-order valence-corrected chi connectivity index (χ0v) is 20.2. The van der Waals surface area contributed by atoms with Crippen molar-refractivity contribution >= 4 is 23.4 Å². The van der Waals surface area contributed by atoms with Crippen LogP contribution in [0.25, 0.3) is 0 Å². The number of ether oxygens (including phenoxy) is 1. The molecule has 0 radical (unpaired) electrons. The summed E-state index contributed by atoms with van der Waals surface area (Å²) in [5.41, 5.74) is 3.74. The molecule has 2 aliphatic heterocycles. The van der Waals surface area contributed by atoms with Gasteiger partial charge in [-0.05, 0) is 36.1 Å². The van der Waals surface area contributed by atoms with Crippen LogP contribution in [0.4, 0.5) is 5.69 Å². The summed E-state index contributed by atoms with van der Waals surface area (Å²) in [5, 5.41) is 3.61. The Morgan fingerprint density at radius 2 is 1.72 bits per heavy atom. The number of fused-ring (bicyclic) bond motifs is 5. The molecule has 0 spiro atoms. The van der Waals surface area contributed by atoms with Crippen LogP contribution in [-0.2, 0) is 9.53 Å². The molecule has 2 aromatic rings. The maximum absolute atomic E-state index is 14.0. The fourth-order valence-corrected chi connectivity index (χ4v) is 6.35. The third-order valence-corrected chi connectivity index (χ3v) is 7.89. The zero-order chi connectivity index (χ0) is 22.3. The zero-order valence-electron chi connectivity index (χ0n) is 19.4. The van der Waals surface area contributed by atoms with Crippen molar-refractivity contribution < 1.29 is 9.53 Å². The maximum atomic E-state index is 14.0. The van der Waals surface area contributed by atoms with Gasteiger partial charge in [0.2, 0.25) is 5.91 Å². The Balaban J connectivity index is 1.58. The fraction of sp³-hybridized carbons (Fsp3) is 0.519. The summed E-state index contributed by atoms with van der Waals surface area (Å²) in [5.74, 6) is 0.405. The molecule has 5 heteroatoms. The first-order valence-electron chi connectivity index (χ1n) is 12.2. The number of hydrogen-bond acceptors (Lipinski definition) is 4. The predicted octanol–water partition coefficient (Wildman–Crippen LogP) is 6.25. The average molecular weight is 453 g/mol. The second-order valence-corrected chi connectivity index (χ2v) is 9.99. The second kappa shape index (κ2) is 11.2. The molecule has 3 atom stereocenters. The third-order valence-electron chi connectivity index (χ3n) is 6.51. The van der Waals surface area contributed by atoms with E-state index >= 15 is 0 Å². The van der Waals surface area contributed by atoms with E-state index in [4.69, 9.17) is 4.74 Å². The number of rotatable bonds is 11. The van der Waals surface area contributed by atoms with Crippen molar-refractivity contribution in [3.05, 3.63) is 59.7 Å². The topological polar surface area (TPSA) is 41.6 Å². The van der Waals surface area contributed by atoms with Crippen LogP contribution in [0.15, 0.2) is 53.4 Å². The fourth-order valence-electron chi connectivity index (χ4n) is 4.89. The summed E-state index contributed by atoms with van der Waals surface area (Å²) in [4.78, 5) is 17.3. The van der Waals surface area contributed by atoms with Crippen molar-refractivity contribution in [1.29, 1.82) is 0 Å². The van der Waals surface area contributed by atoms with E-state index in [-0.39, 0.29) is 23.1 Å². The SMILES string of the molecule is CCCCCCN(CCOCCC)C(=O)C1Sc2ccccc2C2Nc3ccccc3C12. The number of benzene rings is 2. The molecule has 0 fully saturated rings. The largest absolute Gasteiger partial charge is 0.380 e. The lowest BCUT2D eigenvalue weighted by Gasteiger charge is -2.37. The van der Waals surface area contributed by atoms with Gasteiger partial charge < -0.3 is 15.0 Å². The molecule has 172 valence electrons. The Morgan fingerprint density at radius 3 is 2.53 bits per heavy atom. The van der Waals surface area contributed by atoms with Crippen molar-refractivity contribution in [2.24, 2.45) is 0 Å². The van der Waals surface area contributed by atoms with Gasteiger partial charge in [0.05, 0.1) is 17.9 Å². The normalized spacial score (nSPS) is 20.8. The Hall–Kier alpha value is -1.98. The van der Waals surface area contributed by atoms with E-state index in [1.807, 2.05) is 0 Å². The van der Waals surface area contributed by atoms with Crippen LogP contribution in [0.1, 0.15) is 69.0 Å². The lowest BCUT2D eigenvalue weighted by Crippen LogP contribution is -2.44. The monoisotopic (exact) mass is 452 g/mol. The first-order valence-corrected chi connectivity index (χ1v) is 13.1. The van der Waals surface area contributed by atoms with Gasteiger partial charge in [0.1, 0.15) is 0 Å². The summed E-state index contributed by atoms with van der Waals surface area (Å²) in [7, 11) is 0. The molecule has 3 unspecified atom stereocenters. The Kier molecular flexibility index (Phi) is 8.15. The number of anilines is 1. The quantitative estimate of drug-likeness (QED) is 0.409. The number of para-hydroxylation sites is 1. The molecular weight excluding hydrogens is 416 g/mol. The molecule has 4 nitrogen and oxygen atoms in total. The Bertz CT molecular complexity index is 891. The molecule has 2 aromatic carbocycles. The van der Waals surface area contributed by atoms with Gasteiger partial charge in [-0.2, -0.15) is 0 Å². The van der Waals surface area contributed by atoms with Gasteiger partial charge in [0, 0.05) is 36.2 Å². The second-order valence-electron chi connectivity index (χ2n) is 8.81. The summed E-state index contributed by atoms with van der Waals surface area (Å²) in [6, 6.07) is 17.2. The van der Waals surface area contributed by atoms with E-state index in [0.717, 1.165) is 26.0 Å². The number of thioether (sulfide) groups is 1. The lowest BCUT2D eigenvalue weighted by molar-refractivity contribution is -0.132. The highest BCUT2D eigenvalue weighted by Crippen LogP contribution is 2.55. The van der Waals surface area contributed by atoms with Crippen molar-refractivity contribution in [1.82, 2.24) is 4.90 Å². The van der Waals surface area contributed by atoms with E-state index < -0.39 is 0 Å². The van der Waals surface area contributed by atoms with Crippen LogP contribution < -0.4 is 5.32 Å². The molecule has 0 bridgehead atoms. The molecular formula is C27H36N2O2S. The molecule has 0 aliphatic carbocycles. The first kappa shape index (κ1) is 23.2. The molecule has 0 aromatic heterocycles. The van der Waals surface area contributed by atoms with E-state index in [1.54, 1.807) is 11.8 Å².